The summed E-state index contributed by atoms with van der Waals surface area (Å²) in [5.74, 6) is -1.30. The van der Waals surface area contributed by atoms with E-state index >= 15 is 0 Å². The van der Waals surface area contributed by atoms with E-state index in [4.69, 9.17) is 14.9 Å². The number of ether oxygens (including phenoxy) is 1. The van der Waals surface area contributed by atoms with E-state index in [2.05, 4.69) is 36.3 Å². The van der Waals surface area contributed by atoms with Crippen LogP contribution in [0.2, 0.25) is 0 Å². The lowest BCUT2D eigenvalue weighted by Gasteiger charge is -2.29. The molecule has 0 unspecified atom stereocenters. The fraction of sp³-hybridized carbons (Fsp3) is 0.883. The van der Waals surface area contributed by atoms with Gasteiger partial charge in [-0.1, -0.05) is 204 Å². The molecule has 0 atom stereocenters. The average molecular weight is 959 g/mol. The Bertz CT molecular complexity index is 1130. The van der Waals surface area contributed by atoms with Crippen molar-refractivity contribution in [2.45, 2.75) is 307 Å². The van der Waals surface area contributed by atoms with Gasteiger partial charge in [-0.25, -0.2) is 0 Å². The number of hydrogen-bond acceptors (Lipinski definition) is 6. The fourth-order valence-corrected chi connectivity index (χ4v) is 10.0. The van der Waals surface area contributed by atoms with E-state index in [1.54, 1.807) is 0 Å². The summed E-state index contributed by atoms with van der Waals surface area (Å²) in [7, 11) is 2.12. The minimum Gasteiger partial charge on any atom is -0.481 e. The molecule has 1 fully saturated rings. The van der Waals surface area contributed by atoms with Crippen LogP contribution in [0.4, 0.5) is 0 Å². The molecule has 1 aliphatic rings. The second-order valence-electron chi connectivity index (χ2n) is 21.3. The zero-order valence-corrected chi connectivity index (χ0v) is 44.7. The Hall–Kier alpha value is -2.19. The molecule has 0 bridgehead atoms. The number of carboxylic acids is 2. The van der Waals surface area contributed by atoms with Crippen molar-refractivity contribution in [2.75, 3.05) is 26.7 Å². The molecule has 0 aromatic heterocycles. The van der Waals surface area contributed by atoms with E-state index in [1.807, 2.05) is 0 Å². The molecule has 0 saturated carbocycles. The Balaban J connectivity index is 2.11. The van der Waals surface area contributed by atoms with Gasteiger partial charge in [-0.2, -0.15) is 0 Å². The van der Waals surface area contributed by atoms with Crippen molar-refractivity contribution in [1.82, 2.24) is 4.90 Å². The van der Waals surface area contributed by atoms with Gasteiger partial charge in [-0.3, -0.25) is 14.4 Å². The monoisotopic (exact) mass is 958 g/mol. The Morgan fingerprint density at radius 1 is 0.426 bits per heavy atom. The predicted octanol–water partition coefficient (Wildman–Crippen LogP) is 17.4. The van der Waals surface area contributed by atoms with Gasteiger partial charge in [0.15, 0.2) is 0 Å². The molecule has 1 aliphatic heterocycles. The summed E-state index contributed by atoms with van der Waals surface area (Å²) in [6.07, 6.45) is 63.4. The van der Waals surface area contributed by atoms with Gasteiger partial charge in [0.2, 0.25) is 0 Å². The summed E-state index contributed by atoms with van der Waals surface area (Å²) >= 11 is 0. The first kappa shape index (κ1) is 63.8. The number of aliphatic carboxylic acids is 2. The lowest BCUT2D eigenvalue weighted by atomic mass is 9.85. The second-order valence-corrected chi connectivity index (χ2v) is 21.3. The minimum atomic E-state index is -0.674. The summed E-state index contributed by atoms with van der Waals surface area (Å²) < 4.78 is 5.70. The van der Waals surface area contributed by atoms with Crippen LogP contribution in [0.3, 0.4) is 0 Å². The number of rotatable bonds is 52. The molecule has 68 heavy (non-hydrogen) atoms. The quantitative estimate of drug-likeness (QED) is 0.0313. The zero-order valence-electron chi connectivity index (χ0n) is 44.7. The van der Waals surface area contributed by atoms with Crippen LogP contribution in [0.25, 0.3) is 0 Å². The molecule has 0 aromatic rings. The van der Waals surface area contributed by atoms with Gasteiger partial charge in [0, 0.05) is 12.8 Å². The van der Waals surface area contributed by atoms with Crippen LogP contribution in [0.15, 0.2) is 24.3 Å². The van der Waals surface area contributed by atoms with Crippen molar-refractivity contribution in [1.29, 1.82) is 0 Å². The minimum absolute atomic E-state index is 0.0147. The second kappa shape index (κ2) is 48.4. The van der Waals surface area contributed by atoms with Crippen molar-refractivity contribution < 1.29 is 34.4 Å². The molecule has 1 saturated heterocycles. The summed E-state index contributed by atoms with van der Waals surface area (Å²) in [5.41, 5.74) is -0.580. The number of allylic oxidation sites excluding steroid dienone is 4. The molecule has 8 nitrogen and oxygen atoms in total. The number of likely N-dealkylation sites (tertiary alicyclic amines) is 1. The maximum Gasteiger partial charge on any atom is 0.309 e. The van der Waals surface area contributed by atoms with E-state index in [0.29, 0.717) is 19.4 Å². The normalized spacial score (nSPS) is 13.9. The summed E-state index contributed by atoms with van der Waals surface area (Å²) in [6, 6.07) is 0. The van der Waals surface area contributed by atoms with Crippen LogP contribution >= 0.6 is 0 Å². The molecule has 0 radical (unpaired) electrons. The smallest absolute Gasteiger partial charge is 0.309 e. The molecule has 1 heterocycles. The average Bonchev–Trinajstić information content (AvgIpc) is 3.32. The lowest BCUT2D eigenvalue weighted by molar-refractivity contribution is -0.150. The molecule has 0 amide bonds. The first-order chi connectivity index (χ1) is 33.2. The summed E-state index contributed by atoms with van der Waals surface area (Å²) in [6.45, 7) is 2.43. The Kier molecular flexibility index (Phi) is 45.5. The molecular formula is C60H111NO7. The van der Waals surface area contributed by atoms with Crippen LogP contribution in [-0.2, 0) is 19.1 Å². The molecule has 398 valence electrons. The van der Waals surface area contributed by atoms with E-state index in [0.717, 1.165) is 122 Å². The number of nitrogens with zero attached hydrogens (tertiary/aromatic N) is 1. The van der Waals surface area contributed by atoms with Crippen molar-refractivity contribution >= 4 is 17.9 Å². The third kappa shape index (κ3) is 45.0. The number of hydrogen-bond donors (Lipinski definition) is 3. The standard InChI is InChI=1S/C60H111NO7/c1-61-53-48-56(49-54-61)59(66)68-55-45-44-52-60(67,50-42-38-34-30-26-22-18-14-10-6-2-4-8-12-16-20-24-28-32-36-40-46-57(62)63)51-43-39-35-31-27-23-19-15-11-7-3-5-9-13-17-21-25-29-33-37-41-47-58(64)65/h12-13,16-17,56,67H,2-11,14-15,18-55H2,1H3,(H,62,63)(H,64,65)/b16-12-,17-13-. The number of carboxylic acid groups (broad SMARTS) is 2. The van der Waals surface area contributed by atoms with Crippen molar-refractivity contribution in [3.63, 3.8) is 0 Å². The number of carbonyl (C=O) groups is 3. The molecule has 3 N–H and O–H groups in total. The third-order valence-electron chi connectivity index (χ3n) is 14.7. The highest BCUT2D eigenvalue weighted by atomic mass is 16.5. The topological polar surface area (TPSA) is 124 Å². The maximum atomic E-state index is 12.6. The number of piperidine rings is 1. The molecular weight excluding hydrogens is 847 g/mol. The van der Waals surface area contributed by atoms with Gasteiger partial charge in [0.1, 0.15) is 0 Å². The summed E-state index contributed by atoms with van der Waals surface area (Å²) in [5, 5.41) is 29.3. The van der Waals surface area contributed by atoms with Crippen molar-refractivity contribution in [3.05, 3.63) is 24.3 Å². The number of unbranched alkanes of at least 4 members (excludes halogenated alkanes) is 35. The number of carbonyl (C=O) groups excluding carboxylic acids is 1. The van der Waals surface area contributed by atoms with Crippen molar-refractivity contribution in [3.8, 4) is 0 Å². The van der Waals surface area contributed by atoms with Crippen molar-refractivity contribution in [2.24, 2.45) is 5.92 Å². The van der Waals surface area contributed by atoms with Crippen LogP contribution < -0.4 is 0 Å². The highest BCUT2D eigenvalue weighted by Crippen LogP contribution is 2.29. The van der Waals surface area contributed by atoms with Gasteiger partial charge in [-0.15, -0.1) is 0 Å². The van der Waals surface area contributed by atoms with E-state index in [9.17, 15) is 19.5 Å². The maximum absolute atomic E-state index is 12.6. The van der Waals surface area contributed by atoms with Crippen LogP contribution in [0.5, 0.6) is 0 Å². The van der Waals surface area contributed by atoms with Gasteiger partial charge >= 0.3 is 17.9 Å². The van der Waals surface area contributed by atoms with E-state index in [1.165, 1.54) is 180 Å². The highest BCUT2D eigenvalue weighted by Gasteiger charge is 2.27. The first-order valence-electron chi connectivity index (χ1n) is 29.5. The molecule has 0 spiro atoms. The van der Waals surface area contributed by atoms with Gasteiger partial charge in [0.25, 0.3) is 0 Å². The van der Waals surface area contributed by atoms with Crippen LogP contribution in [-0.4, -0.2) is 70.5 Å². The molecule has 8 heteroatoms. The van der Waals surface area contributed by atoms with E-state index in [-0.39, 0.29) is 11.9 Å². The highest BCUT2D eigenvalue weighted by molar-refractivity contribution is 5.72. The number of esters is 1. The van der Waals surface area contributed by atoms with Crippen LogP contribution in [0, 0.1) is 5.92 Å². The fourth-order valence-electron chi connectivity index (χ4n) is 10.0. The predicted molar refractivity (Wildman–Crippen MR) is 287 cm³/mol. The summed E-state index contributed by atoms with van der Waals surface area (Å²) in [4.78, 5) is 36.0. The van der Waals surface area contributed by atoms with E-state index < -0.39 is 17.5 Å². The lowest BCUT2D eigenvalue weighted by Crippen LogP contribution is -2.34. The van der Waals surface area contributed by atoms with Crippen LogP contribution in [0.1, 0.15) is 302 Å². The first-order valence-corrected chi connectivity index (χ1v) is 29.5. The van der Waals surface area contributed by atoms with Gasteiger partial charge < -0.3 is 25.0 Å². The third-order valence-corrected chi connectivity index (χ3v) is 14.7. The Labute approximate surface area is 420 Å². The Morgan fingerprint density at radius 2 is 0.691 bits per heavy atom. The SMILES string of the molecule is CN1CCC(C(=O)OCCCCC(O)(CCCCCCCCCCCCCC/C=C\CCCCCCCC(=O)O)CCCCCCCCCCCCCC/C=C\CCCCCCCC(=O)O)CC1. The molecule has 1 rings (SSSR count). The largest absolute Gasteiger partial charge is 0.481 e. The van der Waals surface area contributed by atoms with Gasteiger partial charge in [-0.05, 0) is 129 Å². The zero-order chi connectivity index (χ0) is 49.3. The number of aliphatic hydroxyl groups is 1. The van der Waals surface area contributed by atoms with Gasteiger partial charge in [0.05, 0.1) is 18.1 Å². The molecule has 0 aliphatic carbocycles. The Morgan fingerprint density at radius 3 is 1.00 bits per heavy atom. The molecule has 0 aromatic carbocycles.